The van der Waals surface area contributed by atoms with Gasteiger partial charge in [-0.05, 0) is 18.9 Å². The summed E-state index contributed by atoms with van der Waals surface area (Å²) in [6, 6.07) is 0. The molecule has 0 aliphatic carbocycles. The van der Waals surface area contributed by atoms with Gasteiger partial charge < -0.3 is 15.4 Å². The van der Waals surface area contributed by atoms with Crippen LogP contribution in [0.25, 0.3) is 0 Å². The molecular weight excluding hydrogens is 192 g/mol. The predicted octanol–water partition coefficient (Wildman–Crippen LogP) is 0.775. The number of nitrogens with one attached hydrogen (secondary N) is 2. The third-order valence-corrected chi connectivity index (χ3v) is 1.79. The highest BCUT2D eigenvalue weighted by Crippen LogP contribution is 1.86. The van der Waals surface area contributed by atoms with Crippen molar-refractivity contribution in [1.29, 1.82) is 0 Å². The Bertz CT molecular complexity index is 161. The molecule has 15 heavy (non-hydrogen) atoms. The molecule has 90 valence electrons. The van der Waals surface area contributed by atoms with Crippen molar-refractivity contribution in [3.05, 3.63) is 0 Å². The van der Waals surface area contributed by atoms with E-state index in [-0.39, 0.29) is 12.5 Å². The first-order valence-electron chi connectivity index (χ1n) is 5.72. The van der Waals surface area contributed by atoms with Gasteiger partial charge in [-0.1, -0.05) is 20.8 Å². The van der Waals surface area contributed by atoms with E-state index in [4.69, 9.17) is 4.74 Å². The highest BCUT2D eigenvalue weighted by Gasteiger charge is 2.01. The van der Waals surface area contributed by atoms with E-state index in [1.165, 1.54) is 0 Å². The zero-order valence-electron chi connectivity index (χ0n) is 10.1. The van der Waals surface area contributed by atoms with Crippen LogP contribution in [0.3, 0.4) is 0 Å². The number of rotatable bonds is 9. The highest BCUT2D eigenvalue weighted by molar-refractivity contribution is 5.77. The zero-order chi connectivity index (χ0) is 11.5. The van der Waals surface area contributed by atoms with Crippen LogP contribution in [0.2, 0.25) is 0 Å². The Hall–Kier alpha value is -0.610. The van der Waals surface area contributed by atoms with Gasteiger partial charge in [0.05, 0.1) is 6.61 Å². The van der Waals surface area contributed by atoms with E-state index >= 15 is 0 Å². The second-order valence-electron chi connectivity index (χ2n) is 4.00. The standard InChI is InChI=1S/C11H24N2O2/c1-4-5-12-6-7-15-9-11(14)13-8-10(2)3/h10,12H,4-9H2,1-3H3,(H,13,14). The van der Waals surface area contributed by atoms with E-state index in [0.29, 0.717) is 12.5 Å². The van der Waals surface area contributed by atoms with E-state index in [0.717, 1.165) is 26.1 Å². The second-order valence-corrected chi connectivity index (χ2v) is 4.00. The summed E-state index contributed by atoms with van der Waals surface area (Å²) in [5.74, 6) is 0.458. The SMILES string of the molecule is CCCNCCOCC(=O)NCC(C)C. The predicted molar refractivity (Wildman–Crippen MR) is 61.8 cm³/mol. The van der Waals surface area contributed by atoms with Crippen LogP contribution in [0.1, 0.15) is 27.2 Å². The molecular formula is C11H24N2O2. The maximum atomic E-state index is 11.2. The summed E-state index contributed by atoms with van der Waals surface area (Å²) in [6.07, 6.45) is 1.12. The van der Waals surface area contributed by atoms with Crippen molar-refractivity contribution in [1.82, 2.24) is 10.6 Å². The average Bonchev–Trinajstić information content (AvgIpc) is 2.20. The fraction of sp³-hybridized carbons (Fsp3) is 0.909. The molecule has 0 aliphatic heterocycles. The Morgan fingerprint density at radius 1 is 1.33 bits per heavy atom. The summed E-state index contributed by atoms with van der Waals surface area (Å²) in [4.78, 5) is 11.2. The van der Waals surface area contributed by atoms with Crippen LogP contribution in [-0.4, -0.2) is 38.8 Å². The molecule has 0 aromatic carbocycles. The topological polar surface area (TPSA) is 50.4 Å². The minimum atomic E-state index is -0.0285. The number of carbonyl (C=O) groups is 1. The largest absolute Gasteiger partial charge is 0.370 e. The molecule has 0 atom stereocenters. The van der Waals surface area contributed by atoms with Crippen molar-refractivity contribution in [2.24, 2.45) is 5.92 Å². The van der Waals surface area contributed by atoms with Crippen LogP contribution < -0.4 is 10.6 Å². The number of carbonyl (C=O) groups excluding carboxylic acids is 1. The van der Waals surface area contributed by atoms with Crippen LogP contribution in [0.15, 0.2) is 0 Å². The second kappa shape index (κ2) is 9.93. The molecule has 1 amide bonds. The first-order chi connectivity index (χ1) is 7.16. The molecule has 0 saturated heterocycles. The van der Waals surface area contributed by atoms with Crippen LogP contribution in [0.5, 0.6) is 0 Å². The minimum Gasteiger partial charge on any atom is -0.370 e. The van der Waals surface area contributed by atoms with Gasteiger partial charge in [0.15, 0.2) is 0 Å². The van der Waals surface area contributed by atoms with Crippen molar-refractivity contribution >= 4 is 5.91 Å². The third-order valence-electron chi connectivity index (χ3n) is 1.79. The van der Waals surface area contributed by atoms with Gasteiger partial charge in [0.25, 0.3) is 0 Å². The minimum absolute atomic E-state index is 0.0285. The van der Waals surface area contributed by atoms with Gasteiger partial charge in [0.2, 0.25) is 5.91 Å². The van der Waals surface area contributed by atoms with E-state index in [2.05, 4.69) is 31.4 Å². The van der Waals surface area contributed by atoms with Gasteiger partial charge in [-0.2, -0.15) is 0 Å². The first kappa shape index (κ1) is 14.4. The average molecular weight is 216 g/mol. The van der Waals surface area contributed by atoms with E-state index in [1.807, 2.05) is 0 Å². The molecule has 0 aromatic heterocycles. The number of hydrogen-bond donors (Lipinski definition) is 2. The molecule has 0 bridgehead atoms. The maximum Gasteiger partial charge on any atom is 0.246 e. The van der Waals surface area contributed by atoms with Gasteiger partial charge in [-0.25, -0.2) is 0 Å². The van der Waals surface area contributed by atoms with E-state index in [9.17, 15) is 4.79 Å². The van der Waals surface area contributed by atoms with Gasteiger partial charge in [-0.15, -0.1) is 0 Å². The van der Waals surface area contributed by atoms with Crippen molar-refractivity contribution in [3.63, 3.8) is 0 Å². The van der Waals surface area contributed by atoms with Crippen LogP contribution in [0.4, 0.5) is 0 Å². The molecule has 0 rings (SSSR count). The summed E-state index contributed by atoms with van der Waals surface area (Å²) >= 11 is 0. The van der Waals surface area contributed by atoms with E-state index in [1.54, 1.807) is 0 Å². The molecule has 0 aliphatic rings. The molecule has 0 fully saturated rings. The number of amides is 1. The molecule has 0 heterocycles. The fourth-order valence-electron chi connectivity index (χ4n) is 0.980. The molecule has 0 saturated carbocycles. The Kier molecular flexibility index (Phi) is 9.52. The monoisotopic (exact) mass is 216 g/mol. The molecule has 4 nitrogen and oxygen atoms in total. The summed E-state index contributed by atoms with van der Waals surface area (Å²) < 4.78 is 5.20. The third kappa shape index (κ3) is 11.3. The molecule has 4 heteroatoms. The highest BCUT2D eigenvalue weighted by atomic mass is 16.5. The summed E-state index contributed by atoms with van der Waals surface area (Å²) in [5.41, 5.74) is 0. The lowest BCUT2D eigenvalue weighted by molar-refractivity contribution is -0.125. The molecule has 0 unspecified atom stereocenters. The quantitative estimate of drug-likeness (QED) is 0.560. The normalized spacial score (nSPS) is 10.7. The molecule has 0 spiro atoms. The van der Waals surface area contributed by atoms with Gasteiger partial charge in [-0.3, -0.25) is 4.79 Å². The fourth-order valence-corrected chi connectivity index (χ4v) is 0.980. The summed E-state index contributed by atoms with van der Waals surface area (Å²) in [7, 11) is 0. The van der Waals surface area contributed by atoms with E-state index < -0.39 is 0 Å². The van der Waals surface area contributed by atoms with Gasteiger partial charge in [0, 0.05) is 13.1 Å². The Labute approximate surface area is 92.8 Å². The first-order valence-corrected chi connectivity index (χ1v) is 5.72. The van der Waals surface area contributed by atoms with Gasteiger partial charge >= 0.3 is 0 Å². The lowest BCUT2D eigenvalue weighted by Gasteiger charge is -2.08. The Morgan fingerprint density at radius 2 is 2.07 bits per heavy atom. The van der Waals surface area contributed by atoms with Crippen LogP contribution in [-0.2, 0) is 9.53 Å². The van der Waals surface area contributed by atoms with Crippen molar-refractivity contribution < 1.29 is 9.53 Å². The lowest BCUT2D eigenvalue weighted by atomic mass is 10.2. The zero-order valence-corrected chi connectivity index (χ0v) is 10.1. The maximum absolute atomic E-state index is 11.2. The van der Waals surface area contributed by atoms with Crippen LogP contribution in [0, 0.1) is 5.92 Å². The van der Waals surface area contributed by atoms with Crippen LogP contribution >= 0.6 is 0 Å². The Morgan fingerprint density at radius 3 is 2.67 bits per heavy atom. The summed E-state index contributed by atoms with van der Waals surface area (Å²) in [5, 5.41) is 6.00. The number of hydrogen-bond acceptors (Lipinski definition) is 3. The van der Waals surface area contributed by atoms with Gasteiger partial charge in [0.1, 0.15) is 6.61 Å². The lowest BCUT2D eigenvalue weighted by Crippen LogP contribution is -2.31. The Balaban J connectivity index is 3.17. The summed E-state index contributed by atoms with van der Waals surface area (Å²) in [6.45, 7) is 9.54. The molecule has 0 radical (unpaired) electrons. The molecule has 2 N–H and O–H groups in total. The smallest absolute Gasteiger partial charge is 0.246 e. The van der Waals surface area contributed by atoms with Crippen molar-refractivity contribution in [2.75, 3.05) is 32.8 Å². The molecule has 0 aromatic rings. The van der Waals surface area contributed by atoms with Crippen molar-refractivity contribution in [2.45, 2.75) is 27.2 Å². The van der Waals surface area contributed by atoms with Crippen molar-refractivity contribution in [3.8, 4) is 0 Å². The number of ether oxygens (including phenoxy) is 1.